The summed E-state index contributed by atoms with van der Waals surface area (Å²) in [6, 6.07) is 9.54. The first-order valence-electron chi connectivity index (χ1n) is 6.19. The Labute approximate surface area is 92.9 Å². The van der Waals surface area contributed by atoms with Crippen LogP contribution in [0.3, 0.4) is 0 Å². The topological polar surface area (TPSA) is 12.0 Å². The monoisotopic (exact) mass is 203 g/mol. The molecule has 0 fully saturated rings. The summed E-state index contributed by atoms with van der Waals surface area (Å²) in [7, 11) is 0. The van der Waals surface area contributed by atoms with Gasteiger partial charge < -0.3 is 5.32 Å². The number of fused-ring (bicyclic) bond motifs is 1. The molecule has 0 aliphatic carbocycles. The van der Waals surface area contributed by atoms with Crippen LogP contribution in [0, 0.1) is 0 Å². The van der Waals surface area contributed by atoms with Crippen molar-refractivity contribution in [1.29, 1.82) is 0 Å². The third kappa shape index (κ3) is 2.07. The van der Waals surface area contributed by atoms with Crippen molar-refractivity contribution in [3.8, 4) is 0 Å². The van der Waals surface area contributed by atoms with E-state index in [-0.39, 0.29) is 0 Å². The summed E-state index contributed by atoms with van der Waals surface area (Å²) < 4.78 is 0. The average Bonchev–Trinajstić information content (AvgIpc) is 2.30. The molecule has 1 aliphatic heterocycles. The first-order chi connectivity index (χ1) is 7.36. The molecule has 1 aliphatic rings. The van der Waals surface area contributed by atoms with E-state index in [9.17, 15) is 0 Å². The molecular weight excluding hydrogens is 182 g/mol. The minimum atomic E-state index is 0.592. The molecule has 2 rings (SSSR count). The lowest BCUT2D eigenvalue weighted by atomic mass is 9.84. The van der Waals surface area contributed by atoms with Gasteiger partial charge >= 0.3 is 0 Å². The SMILES string of the molecule is CCCC1NCC(CC)c2ccccc21. The Balaban J connectivity index is 2.30. The van der Waals surface area contributed by atoms with E-state index in [1.165, 1.54) is 24.8 Å². The maximum absolute atomic E-state index is 3.68. The Hall–Kier alpha value is -0.820. The lowest BCUT2D eigenvalue weighted by Crippen LogP contribution is -2.32. The number of hydrogen-bond acceptors (Lipinski definition) is 1. The molecular formula is C14H21N. The van der Waals surface area contributed by atoms with Crippen LogP contribution < -0.4 is 5.32 Å². The third-order valence-corrected chi connectivity index (χ3v) is 3.49. The van der Waals surface area contributed by atoms with Crippen molar-refractivity contribution in [3.63, 3.8) is 0 Å². The van der Waals surface area contributed by atoms with Crippen molar-refractivity contribution in [2.24, 2.45) is 0 Å². The predicted molar refractivity (Wildman–Crippen MR) is 65.1 cm³/mol. The first kappa shape index (κ1) is 10.7. The lowest BCUT2D eigenvalue weighted by Gasteiger charge is -2.32. The fourth-order valence-corrected chi connectivity index (χ4v) is 2.61. The second-order valence-corrected chi connectivity index (χ2v) is 4.48. The Morgan fingerprint density at radius 1 is 1.20 bits per heavy atom. The molecule has 0 bridgehead atoms. The minimum absolute atomic E-state index is 0.592. The molecule has 1 aromatic carbocycles. The zero-order valence-corrected chi connectivity index (χ0v) is 9.79. The number of benzene rings is 1. The van der Waals surface area contributed by atoms with Gasteiger partial charge in [0.15, 0.2) is 0 Å². The second-order valence-electron chi connectivity index (χ2n) is 4.48. The fourth-order valence-electron chi connectivity index (χ4n) is 2.61. The molecule has 0 radical (unpaired) electrons. The quantitative estimate of drug-likeness (QED) is 0.791. The summed E-state index contributed by atoms with van der Waals surface area (Å²) in [4.78, 5) is 0. The van der Waals surface area contributed by atoms with Gasteiger partial charge in [-0.2, -0.15) is 0 Å². The smallest absolute Gasteiger partial charge is 0.0323 e. The third-order valence-electron chi connectivity index (χ3n) is 3.49. The molecule has 0 spiro atoms. The molecule has 0 saturated heterocycles. The van der Waals surface area contributed by atoms with Crippen LogP contribution in [0.4, 0.5) is 0 Å². The lowest BCUT2D eigenvalue weighted by molar-refractivity contribution is 0.424. The van der Waals surface area contributed by atoms with Crippen LogP contribution in [-0.2, 0) is 0 Å². The standard InChI is InChI=1S/C14H21N/c1-3-7-14-13-9-6-5-8-12(13)11(4-2)10-15-14/h5-6,8-9,11,14-15H,3-4,7,10H2,1-2H3. The van der Waals surface area contributed by atoms with Crippen LogP contribution in [0.1, 0.15) is 56.2 Å². The van der Waals surface area contributed by atoms with Crippen molar-refractivity contribution < 1.29 is 0 Å². The van der Waals surface area contributed by atoms with Gasteiger partial charge in [-0.05, 0) is 29.9 Å². The predicted octanol–water partition coefficient (Wildman–Crippen LogP) is 3.62. The van der Waals surface area contributed by atoms with E-state index in [0.29, 0.717) is 12.0 Å². The van der Waals surface area contributed by atoms with Gasteiger partial charge in [0.1, 0.15) is 0 Å². The molecule has 2 unspecified atom stereocenters. The summed E-state index contributed by atoms with van der Waals surface area (Å²) >= 11 is 0. The Morgan fingerprint density at radius 3 is 2.60 bits per heavy atom. The molecule has 1 N–H and O–H groups in total. The van der Waals surface area contributed by atoms with Crippen molar-refractivity contribution in [3.05, 3.63) is 35.4 Å². The van der Waals surface area contributed by atoms with Gasteiger partial charge in [0.25, 0.3) is 0 Å². The fraction of sp³-hybridized carbons (Fsp3) is 0.571. The maximum Gasteiger partial charge on any atom is 0.0323 e. The number of rotatable bonds is 3. The highest BCUT2D eigenvalue weighted by molar-refractivity contribution is 5.35. The largest absolute Gasteiger partial charge is 0.309 e. The summed E-state index contributed by atoms with van der Waals surface area (Å²) in [6.45, 7) is 5.69. The van der Waals surface area contributed by atoms with Gasteiger partial charge in [-0.25, -0.2) is 0 Å². The molecule has 0 amide bonds. The summed E-state index contributed by atoms with van der Waals surface area (Å²) in [5.41, 5.74) is 3.12. The molecule has 1 aromatic rings. The van der Waals surface area contributed by atoms with E-state index >= 15 is 0 Å². The summed E-state index contributed by atoms with van der Waals surface area (Å²) in [6.07, 6.45) is 3.75. The first-order valence-corrected chi connectivity index (χ1v) is 6.19. The van der Waals surface area contributed by atoms with Crippen LogP contribution in [0.5, 0.6) is 0 Å². The minimum Gasteiger partial charge on any atom is -0.309 e. The Kier molecular flexibility index (Phi) is 3.42. The molecule has 15 heavy (non-hydrogen) atoms. The van der Waals surface area contributed by atoms with E-state index in [0.717, 1.165) is 6.54 Å². The zero-order valence-electron chi connectivity index (χ0n) is 9.79. The highest BCUT2D eigenvalue weighted by Gasteiger charge is 2.24. The number of nitrogens with one attached hydrogen (secondary N) is 1. The van der Waals surface area contributed by atoms with E-state index in [2.05, 4.69) is 43.4 Å². The molecule has 1 heteroatoms. The van der Waals surface area contributed by atoms with Crippen LogP contribution in [-0.4, -0.2) is 6.54 Å². The highest BCUT2D eigenvalue weighted by atomic mass is 14.9. The van der Waals surface area contributed by atoms with Gasteiger partial charge in [0.2, 0.25) is 0 Å². The molecule has 2 atom stereocenters. The summed E-state index contributed by atoms with van der Waals surface area (Å²) in [5, 5.41) is 3.68. The van der Waals surface area contributed by atoms with E-state index in [4.69, 9.17) is 0 Å². The number of hydrogen-bond donors (Lipinski definition) is 1. The van der Waals surface area contributed by atoms with Crippen molar-refractivity contribution in [2.45, 2.75) is 45.1 Å². The zero-order chi connectivity index (χ0) is 10.7. The van der Waals surface area contributed by atoms with Crippen molar-refractivity contribution in [1.82, 2.24) is 5.32 Å². The van der Waals surface area contributed by atoms with Gasteiger partial charge in [0, 0.05) is 12.6 Å². The van der Waals surface area contributed by atoms with Crippen molar-refractivity contribution in [2.75, 3.05) is 6.54 Å². The van der Waals surface area contributed by atoms with Crippen molar-refractivity contribution >= 4 is 0 Å². The van der Waals surface area contributed by atoms with Crippen LogP contribution in [0.25, 0.3) is 0 Å². The molecule has 1 nitrogen and oxygen atoms in total. The maximum atomic E-state index is 3.68. The average molecular weight is 203 g/mol. The Morgan fingerprint density at radius 2 is 1.93 bits per heavy atom. The van der Waals surface area contributed by atoms with Gasteiger partial charge in [-0.1, -0.05) is 44.5 Å². The Bertz CT molecular complexity index is 319. The van der Waals surface area contributed by atoms with E-state index < -0.39 is 0 Å². The van der Waals surface area contributed by atoms with Crippen LogP contribution >= 0.6 is 0 Å². The van der Waals surface area contributed by atoms with Crippen LogP contribution in [0.2, 0.25) is 0 Å². The highest BCUT2D eigenvalue weighted by Crippen LogP contribution is 2.33. The molecule has 0 saturated carbocycles. The summed E-state index contributed by atoms with van der Waals surface area (Å²) in [5.74, 6) is 0.717. The second kappa shape index (κ2) is 4.80. The normalized spacial score (nSPS) is 24.9. The van der Waals surface area contributed by atoms with E-state index in [1.54, 1.807) is 5.56 Å². The van der Waals surface area contributed by atoms with Crippen LogP contribution in [0.15, 0.2) is 24.3 Å². The van der Waals surface area contributed by atoms with Gasteiger partial charge in [-0.15, -0.1) is 0 Å². The van der Waals surface area contributed by atoms with Gasteiger partial charge in [-0.3, -0.25) is 0 Å². The van der Waals surface area contributed by atoms with Gasteiger partial charge in [0.05, 0.1) is 0 Å². The molecule has 0 aromatic heterocycles. The molecule has 82 valence electrons. The van der Waals surface area contributed by atoms with E-state index in [1.807, 2.05) is 0 Å². The molecule has 1 heterocycles.